The van der Waals surface area contributed by atoms with Crippen molar-refractivity contribution >= 4 is 26.7 Å². The molecule has 0 aliphatic heterocycles. The second-order valence-corrected chi connectivity index (χ2v) is 9.47. The summed E-state index contributed by atoms with van der Waals surface area (Å²) in [5.74, 6) is 1.09. The quantitative estimate of drug-likeness (QED) is 0.408. The first kappa shape index (κ1) is 21.1. The summed E-state index contributed by atoms with van der Waals surface area (Å²) in [6, 6.07) is 22.7. The normalized spacial score (nSPS) is 11.7. The van der Waals surface area contributed by atoms with Gasteiger partial charge in [-0.15, -0.1) is 0 Å². The number of benzene rings is 3. The Balaban J connectivity index is 1.45. The lowest BCUT2D eigenvalue weighted by atomic mass is 10.1. The van der Waals surface area contributed by atoms with E-state index in [1.54, 1.807) is 24.3 Å². The molecule has 160 valence electrons. The highest BCUT2D eigenvalue weighted by Crippen LogP contribution is 2.20. The first-order valence-electron chi connectivity index (χ1n) is 10.6. The topological polar surface area (TPSA) is 64.0 Å². The SMILES string of the molecule is CCCn1c(CCc2ccc(NS(=O)(=O)c3ccc(C)cc3)cc2)nc2ccccc21. The Hall–Kier alpha value is -3.12. The molecule has 31 heavy (non-hydrogen) atoms. The van der Waals surface area contributed by atoms with Gasteiger partial charge in [-0.2, -0.15) is 0 Å². The molecule has 0 radical (unpaired) electrons. The molecule has 4 aromatic rings. The number of aryl methyl sites for hydroxylation is 4. The molecule has 3 aromatic carbocycles. The van der Waals surface area contributed by atoms with Gasteiger partial charge in [0.15, 0.2) is 0 Å². The number of hydrogen-bond acceptors (Lipinski definition) is 3. The van der Waals surface area contributed by atoms with Gasteiger partial charge in [0, 0.05) is 18.7 Å². The summed E-state index contributed by atoms with van der Waals surface area (Å²) in [5.41, 5.74) is 4.94. The third-order valence-electron chi connectivity index (χ3n) is 5.36. The Labute approximate surface area is 183 Å². The van der Waals surface area contributed by atoms with E-state index in [4.69, 9.17) is 4.98 Å². The van der Waals surface area contributed by atoms with Gasteiger partial charge in [0.1, 0.15) is 5.82 Å². The smallest absolute Gasteiger partial charge is 0.261 e. The summed E-state index contributed by atoms with van der Waals surface area (Å²) in [4.78, 5) is 5.08. The molecule has 0 unspecified atom stereocenters. The van der Waals surface area contributed by atoms with Crippen molar-refractivity contribution in [3.05, 3.63) is 89.7 Å². The van der Waals surface area contributed by atoms with Crippen molar-refractivity contribution in [2.24, 2.45) is 0 Å². The Morgan fingerprint density at radius 1 is 0.903 bits per heavy atom. The molecule has 0 saturated heterocycles. The van der Waals surface area contributed by atoms with Crippen LogP contribution in [0.2, 0.25) is 0 Å². The molecule has 5 nitrogen and oxygen atoms in total. The summed E-state index contributed by atoms with van der Waals surface area (Å²) in [6.07, 6.45) is 2.74. The van der Waals surface area contributed by atoms with Crippen molar-refractivity contribution in [3.63, 3.8) is 0 Å². The van der Waals surface area contributed by atoms with E-state index in [0.29, 0.717) is 5.69 Å². The van der Waals surface area contributed by atoms with Gasteiger partial charge < -0.3 is 4.57 Å². The van der Waals surface area contributed by atoms with Gasteiger partial charge in [-0.3, -0.25) is 4.72 Å². The number of anilines is 1. The zero-order chi connectivity index (χ0) is 21.8. The summed E-state index contributed by atoms with van der Waals surface area (Å²) in [5, 5.41) is 0. The van der Waals surface area contributed by atoms with Gasteiger partial charge >= 0.3 is 0 Å². The predicted octanol–water partition coefficient (Wildman–Crippen LogP) is 5.34. The number of nitrogens with zero attached hydrogens (tertiary/aromatic N) is 2. The maximum Gasteiger partial charge on any atom is 0.261 e. The van der Waals surface area contributed by atoms with E-state index >= 15 is 0 Å². The van der Waals surface area contributed by atoms with Crippen LogP contribution in [0.15, 0.2) is 77.7 Å². The summed E-state index contributed by atoms with van der Waals surface area (Å²) in [6.45, 7) is 5.06. The molecule has 0 aliphatic carbocycles. The zero-order valence-corrected chi connectivity index (χ0v) is 18.7. The van der Waals surface area contributed by atoms with Crippen molar-refractivity contribution in [1.29, 1.82) is 0 Å². The van der Waals surface area contributed by atoms with E-state index in [9.17, 15) is 8.42 Å². The number of hydrogen-bond donors (Lipinski definition) is 1. The van der Waals surface area contributed by atoms with Crippen LogP contribution in [0.1, 0.15) is 30.3 Å². The fourth-order valence-electron chi connectivity index (χ4n) is 3.72. The third-order valence-corrected chi connectivity index (χ3v) is 6.75. The number of sulfonamides is 1. The van der Waals surface area contributed by atoms with Crippen LogP contribution >= 0.6 is 0 Å². The lowest BCUT2D eigenvalue weighted by molar-refractivity contribution is 0.601. The lowest BCUT2D eigenvalue weighted by Crippen LogP contribution is -2.12. The van der Waals surface area contributed by atoms with Crippen LogP contribution in [0.25, 0.3) is 11.0 Å². The number of nitrogens with one attached hydrogen (secondary N) is 1. The summed E-state index contributed by atoms with van der Waals surface area (Å²) < 4.78 is 30.1. The van der Waals surface area contributed by atoms with Crippen LogP contribution in [0.3, 0.4) is 0 Å². The molecular weight excluding hydrogens is 406 g/mol. The average Bonchev–Trinajstić information content (AvgIpc) is 3.11. The van der Waals surface area contributed by atoms with Crippen LogP contribution < -0.4 is 4.72 Å². The Morgan fingerprint density at radius 3 is 2.32 bits per heavy atom. The highest BCUT2D eigenvalue weighted by atomic mass is 32.2. The largest absolute Gasteiger partial charge is 0.328 e. The van der Waals surface area contributed by atoms with Crippen molar-refractivity contribution in [2.75, 3.05) is 4.72 Å². The molecule has 1 N–H and O–H groups in total. The van der Waals surface area contributed by atoms with Crippen molar-refractivity contribution in [2.45, 2.75) is 44.6 Å². The second kappa shape index (κ2) is 8.94. The van der Waals surface area contributed by atoms with Gasteiger partial charge in [-0.05, 0) is 61.7 Å². The predicted molar refractivity (Wildman–Crippen MR) is 126 cm³/mol. The average molecular weight is 434 g/mol. The Kier molecular flexibility index (Phi) is 6.09. The van der Waals surface area contributed by atoms with Gasteiger partial charge in [0.25, 0.3) is 10.0 Å². The fraction of sp³-hybridized carbons (Fsp3) is 0.240. The van der Waals surface area contributed by atoms with E-state index in [2.05, 4.69) is 34.4 Å². The van der Waals surface area contributed by atoms with Crippen molar-refractivity contribution in [1.82, 2.24) is 9.55 Å². The van der Waals surface area contributed by atoms with Crippen LogP contribution in [0.4, 0.5) is 5.69 Å². The molecule has 0 bridgehead atoms. The van der Waals surface area contributed by atoms with Gasteiger partial charge in [-0.1, -0.05) is 48.9 Å². The van der Waals surface area contributed by atoms with Gasteiger partial charge in [0.2, 0.25) is 0 Å². The number of aromatic nitrogens is 2. The maximum atomic E-state index is 12.6. The number of rotatable bonds is 8. The summed E-state index contributed by atoms with van der Waals surface area (Å²) in [7, 11) is -3.59. The highest BCUT2D eigenvalue weighted by molar-refractivity contribution is 7.92. The van der Waals surface area contributed by atoms with E-state index in [0.717, 1.165) is 48.3 Å². The first-order valence-corrected chi connectivity index (χ1v) is 12.1. The van der Waals surface area contributed by atoms with E-state index < -0.39 is 10.0 Å². The van der Waals surface area contributed by atoms with Crippen LogP contribution in [0.5, 0.6) is 0 Å². The molecule has 1 heterocycles. The summed E-state index contributed by atoms with van der Waals surface area (Å²) >= 11 is 0. The van der Waals surface area contributed by atoms with Crippen molar-refractivity contribution < 1.29 is 8.42 Å². The fourth-order valence-corrected chi connectivity index (χ4v) is 4.78. The molecule has 0 amide bonds. The van der Waals surface area contributed by atoms with Crippen LogP contribution in [0, 0.1) is 6.92 Å². The highest BCUT2D eigenvalue weighted by Gasteiger charge is 2.14. The molecule has 0 atom stereocenters. The molecule has 4 rings (SSSR count). The van der Waals surface area contributed by atoms with E-state index in [-0.39, 0.29) is 4.90 Å². The monoisotopic (exact) mass is 433 g/mol. The van der Waals surface area contributed by atoms with E-state index in [1.165, 1.54) is 5.52 Å². The molecule has 0 saturated carbocycles. The zero-order valence-electron chi connectivity index (χ0n) is 17.9. The minimum atomic E-state index is -3.59. The third kappa shape index (κ3) is 4.80. The Bertz CT molecular complexity index is 1270. The first-order chi connectivity index (χ1) is 15.0. The van der Waals surface area contributed by atoms with Crippen molar-refractivity contribution in [3.8, 4) is 0 Å². The maximum absolute atomic E-state index is 12.6. The number of fused-ring (bicyclic) bond motifs is 1. The molecule has 0 fully saturated rings. The molecule has 0 spiro atoms. The van der Waals surface area contributed by atoms with Crippen LogP contribution in [-0.4, -0.2) is 18.0 Å². The molecule has 6 heteroatoms. The van der Waals surface area contributed by atoms with Gasteiger partial charge in [-0.25, -0.2) is 13.4 Å². The Morgan fingerprint density at radius 2 is 1.61 bits per heavy atom. The van der Waals surface area contributed by atoms with Crippen LogP contribution in [-0.2, 0) is 29.4 Å². The number of para-hydroxylation sites is 2. The minimum Gasteiger partial charge on any atom is -0.328 e. The van der Waals surface area contributed by atoms with Gasteiger partial charge in [0.05, 0.1) is 15.9 Å². The number of imidazole rings is 1. The minimum absolute atomic E-state index is 0.261. The molecular formula is C25H27N3O2S. The second-order valence-electron chi connectivity index (χ2n) is 7.78. The lowest BCUT2D eigenvalue weighted by Gasteiger charge is -2.10. The molecule has 0 aliphatic rings. The standard InChI is InChI=1S/C25H27N3O2S/c1-3-18-28-24-7-5-4-6-23(24)26-25(28)17-12-20-10-13-21(14-11-20)27-31(29,30)22-15-8-19(2)9-16-22/h4-11,13-16,27H,3,12,17-18H2,1-2H3. The van der Waals surface area contributed by atoms with E-state index in [1.807, 2.05) is 37.3 Å². The molecule has 1 aromatic heterocycles.